The number of benzene rings is 1. The molecule has 9 heteroatoms. The van der Waals surface area contributed by atoms with E-state index in [4.69, 9.17) is 4.52 Å². The number of piperazine rings is 1. The third-order valence-electron chi connectivity index (χ3n) is 5.36. The van der Waals surface area contributed by atoms with Gasteiger partial charge in [0.1, 0.15) is 5.69 Å². The second-order valence-corrected chi connectivity index (χ2v) is 7.71. The van der Waals surface area contributed by atoms with Crippen LogP contribution in [0.2, 0.25) is 0 Å². The Morgan fingerprint density at radius 2 is 1.97 bits per heavy atom. The lowest BCUT2D eigenvalue weighted by Gasteiger charge is -2.36. The van der Waals surface area contributed by atoms with Crippen LogP contribution in [0.25, 0.3) is 11.6 Å². The number of rotatable bonds is 6. The highest BCUT2D eigenvalue weighted by Crippen LogP contribution is 2.13. The Balaban J connectivity index is 0.00000289. The Bertz CT molecular complexity index is 1000. The van der Waals surface area contributed by atoms with Crippen molar-refractivity contribution in [3.63, 3.8) is 0 Å². The zero-order valence-electron chi connectivity index (χ0n) is 18.6. The molecule has 170 valence electrons. The number of aryl methyl sites for hydroxylation is 1. The summed E-state index contributed by atoms with van der Waals surface area (Å²) < 4.78 is 5.32. The molecular formula is C23H30IN7O. The van der Waals surface area contributed by atoms with Gasteiger partial charge in [0.25, 0.3) is 5.89 Å². The number of nitrogens with one attached hydrogen (secondary N) is 1. The largest absolute Gasteiger partial charge is 0.356 e. The molecular weight excluding hydrogens is 517 g/mol. The Morgan fingerprint density at radius 3 is 2.69 bits per heavy atom. The molecule has 2 aromatic heterocycles. The summed E-state index contributed by atoms with van der Waals surface area (Å²) in [5.41, 5.74) is 3.38. The minimum atomic E-state index is 0. The predicted octanol–water partition coefficient (Wildman–Crippen LogP) is 2.99. The molecule has 1 aliphatic heterocycles. The van der Waals surface area contributed by atoms with Gasteiger partial charge in [-0.25, -0.2) is 0 Å². The predicted molar refractivity (Wildman–Crippen MR) is 136 cm³/mol. The summed E-state index contributed by atoms with van der Waals surface area (Å²) in [6, 6.07) is 14.4. The number of aromatic nitrogens is 3. The molecule has 0 saturated carbocycles. The molecule has 1 aliphatic rings. The molecule has 1 aromatic carbocycles. The fourth-order valence-electron chi connectivity index (χ4n) is 3.75. The molecule has 1 saturated heterocycles. The van der Waals surface area contributed by atoms with Gasteiger partial charge in [-0.1, -0.05) is 41.1 Å². The van der Waals surface area contributed by atoms with Crippen molar-refractivity contribution < 1.29 is 4.52 Å². The third-order valence-corrected chi connectivity index (χ3v) is 5.36. The second kappa shape index (κ2) is 11.9. The van der Waals surface area contributed by atoms with Gasteiger partial charge < -0.3 is 14.7 Å². The molecule has 1 fully saturated rings. The number of halogens is 1. The van der Waals surface area contributed by atoms with Crippen molar-refractivity contribution in [1.82, 2.24) is 30.2 Å². The quantitative estimate of drug-likeness (QED) is 0.289. The highest BCUT2D eigenvalue weighted by Gasteiger charge is 2.19. The minimum absolute atomic E-state index is 0. The van der Waals surface area contributed by atoms with Crippen LogP contribution in [-0.2, 0) is 13.0 Å². The van der Waals surface area contributed by atoms with E-state index in [2.05, 4.69) is 66.4 Å². The van der Waals surface area contributed by atoms with Crippen LogP contribution < -0.4 is 5.32 Å². The topological polar surface area (TPSA) is 82.7 Å². The van der Waals surface area contributed by atoms with Crippen LogP contribution >= 0.6 is 24.0 Å². The molecule has 0 atom stereocenters. The molecule has 1 N–H and O–H groups in total. The first-order chi connectivity index (χ1) is 15.2. The van der Waals surface area contributed by atoms with E-state index in [0.29, 0.717) is 30.4 Å². The summed E-state index contributed by atoms with van der Waals surface area (Å²) in [7, 11) is 1.83. The van der Waals surface area contributed by atoms with Crippen molar-refractivity contribution in [2.45, 2.75) is 19.9 Å². The van der Waals surface area contributed by atoms with E-state index in [1.165, 1.54) is 11.1 Å². The maximum absolute atomic E-state index is 5.32. The summed E-state index contributed by atoms with van der Waals surface area (Å²) in [5, 5.41) is 7.49. The van der Waals surface area contributed by atoms with Gasteiger partial charge >= 0.3 is 0 Å². The maximum Gasteiger partial charge on any atom is 0.276 e. The fraction of sp³-hybridized carbons (Fsp3) is 0.391. The number of aliphatic imine (C=N–C) groups is 1. The van der Waals surface area contributed by atoms with E-state index < -0.39 is 0 Å². The van der Waals surface area contributed by atoms with Crippen LogP contribution in [0.5, 0.6) is 0 Å². The molecule has 0 radical (unpaired) electrons. The fourth-order valence-corrected chi connectivity index (χ4v) is 3.75. The lowest BCUT2D eigenvalue weighted by atomic mass is 10.1. The first-order valence-corrected chi connectivity index (χ1v) is 10.7. The molecule has 0 amide bonds. The first-order valence-electron chi connectivity index (χ1n) is 10.7. The van der Waals surface area contributed by atoms with Crippen LogP contribution in [0.1, 0.15) is 17.0 Å². The summed E-state index contributed by atoms with van der Waals surface area (Å²) in [6.07, 6.45) is 2.37. The molecule has 0 bridgehead atoms. The molecule has 0 aliphatic carbocycles. The number of nitrogens with zero attached hydrogens (tertiary/aromatic N) is 6. The third kappa shape index (κ3) is 6.49. The molecule has 0 spiro atoms. The highest BCUT2D eigenvalue weighted by atomic mass is 127. The number of guanidine groups is 1. The van der Waals surface area contributed by atoms with Crippen molar-refractivity contribution in [1.29, 1.82) is 0 Å². The van der Waals surface area contributed by atoms with Crippen molar-refractivity contribution in [3.8, 4) is 11.6 Å². The van der Waals surface area contributed by atoms with E-state index in [0.717, 1.165) is 38.7 Å². The van der Waals surface area contributed by atoms with Crippen LogP contribution in [0, 0.1) is 6.92 Å². The van der Waals surface area contributed by atoms with Crippen LogP contribution in [0.15, 0.2) is 58.2 Å². The average Bonchev–Trinajstić information content (AvgIpc) is 3.27. The lowest BCUT2D eigenvalue weighted by molar-refractivity contribution is 0.172. The zero-order chi connectivity index (χ0) is 21.5. The van der Waals surface area contributed by atoms with Crippen molar-refractivity contribution in [2.75, 3.05) is 39.8 Å². The standard InChI is InChI=1S/C23H29N7O.HI/c1-18-6-5-7-19(16-18)17-29-12-14-30(15-13-29)23(24-2)26-11-9-21-27-22(31-28-21)20-8-3-4-10-25-20;/h3-8,10,16H,9,11-15,17H2,1-2H3,(H,24,26);1H. The van der Waals surface area contributed by atoms with E-state index >= 15 is 0 Å². The van der Waals surface area contributed by atoms with Gasteiger partial charge in [0.15, 0.2) is 11.8 Å². The molecule has 4 rings (SSSR count). The normalized spacial score (nSPS) is 14.8. The van der Waals surface area contributed by atoms with Gasteiger partial charge in [-0.3, -0.25) is 14.9 Å². The summed E-state index contributed by atoms with van der Waals surface area (Å²) in [4.78, 5) is 17.9. The average molecular weight is 547 g/mol. The number of hydrogen-bond donors (Lipinski definition) is 1. The highest BCUT2D eigenvalue weighted by molar-refractivity contribution is 14.0. The van der Waals surface area contributed by atoms with Gasteiger partial charge in [-0.05, 0) is 24.6 Å². The smallest absolute Gasteiger partial charge is 0.276 e. The first kappa shape index (κ1) is 24.1. The monoisotopic (exact) mass is 547 g/mol. The summed E-state index contributed by atoms with van der Waals surface area (Å²) in [6.45, 7) is 7.79. The van der Waals surface area contributed by atoms with Gasteiger partial charge in [-0.15, -0.1) is 24.0 Å². The number of hydrogen-bond acceptors (Lipinski definition) is 6. The van der Waals surface area contributed by atoms with Crippen molar-refractivity contribution in [2.24, 2.45) is 4.99 Å². The number of pyridine rings is 1. The van der Waals surface area contributed by atoms with Crippen LogP contribution in [0.3, 0.4) is 0 Å². The molecule has 0 unspecified atom stereocenters. The van der Waals surface area contributed by atoms with Gasteiger partial charge in [-0.2, -0.15) is 4.98 Å². The van der Waals surface area contributed by atoms with E-state index in [9.17, 15) is 0 Å². The summed E-state index contributed by atoms with van der Waals surface area (Å²) >= 11 is 0. The SMILES string of the molecule is CN=C(NCCc1noc(-c2ccccn2)n1)N1CCN(Cc2cccc(C)c2)CC1.I. The van der Waals surface area contributed by atoms with E-state index in [1.807, 2.05) is 25.2 Å². The lowest BCUT2D eigenvalue weighted by Crippen LogP contribution is -2.52. The van der Waals surface area contributed by atoms with E-state index in [1.54, 1.807) is 6.20 Å². The second-order valence-electron chi connectivity index (χ2n) is 7.71. The van der Waals surface area contributed by atoms with Gasteiger partial charge in [0.2, 0.25) is 0 Å². The van der Waals surface area contributed by atoms with Gasteiger partial charge in [0.05, 0.1) is 0 Å². The Labute approximate surface area is 206 Å². The van der Waals surface area contributed by atoms with Crippen molar-refractivity contribution in [3.05, 3.63) is 65.6 Å². The Morgan fingerprint density at radius 1 is 1.12 bits per heavy atom. The van der Waals surface area contributed by atoms with Crippen molar-refractivity contribution >= 4 is 29.9 Å². The van der Waals surface area contributed by atoms with Gasteiger partial charge in [0, 0.05) is 58.9 Å². The van der Waals surface area contributed by atoms with Crippen LogP contribution in [-0.4, -0.2) is 70.7 Å². The summed E-state index contributed by atoms with van der Waals surface area (Å²) in [5.74, 6) is 2.03. The Kier molecular flexibility index (Phi) is 8.98. The van der Waals surface area contributed by atoms with E-state index in [-0.39, 0.29) is 24.0 Å². The zero-order valence-corrected chi connectivity index (χ0v) is 20.9. The maximum atomic E-state index is 5.32. The molecule has 3 heterocycles. The molecule has 32 heavy (non-hydrogen) atoms. The molecule has 3 aromatic rings. The van der Waals surface area contributed by atoms with Crippen LogP contribution in [0.4, 0.5) is 0 Å². The minimum Gasteiger partial charge on any atom is -0.356 e. The molecule has 8 nitrogen and oxygen atoms in total. The Hall–Kier alpha value is -2.53.